The molecular formula is C14H13F3O3. The van der Waals surface area contributed by atoms with Gasteiger partial charge in [-0.2, -0.15) is 0 Å². The summed E-state index contributed by atoms with van der Waals surface area (Å²) in [5.74, 6) is 0.647. The van der Waals surface area contributed by atoms with Gasteiger partial charge < -0.3 is 9.47 Å². The van der Waals surface area contributed by atoms with E-state index in [-0.39, 0.29) is 11.1 Å². The van der Waals surface area contributed by atoms with Crippen molar-refractivity contribution in [3.8, 4) is 18.1 Å². The van der Waals surface area contributed by atoms with Gasteiger partial charge in [-0.15, -0.1) is 19.6 Å². The summed E-state index contributed by atoms with van der Waals surface area (Å²) in [6, 6.07) is 3.35. The number of hydrogen-bond acceptors (Lipinski definition) is 3. The zero-order chi connectivity index (χ0) is 15.6. The van der Waals surface area contributed by atoms with E-state index in [0.29, 0.717) is 0 Å². The highest BCUT2D eigenvalue weighted by Crippen LogP contribution is 2.28. The van der Waals surface area contributed by atoms with Crippen LogP contribution in [0.3, 0.4) is 0 Å². The summed E-state index contributed by atoms with van der Waals surface area (Å²) < 4.78 is 45.7. The minimum Gasteiger partial charge on any atom is -0.456 e. The van der Waals surface area contributed by atoms with Gasteiger partial charge in [-0.25, -0.2) is 4.79 Å². The molecule has 20 heavy (non-hydrogen) atoms. The summed E-state index contributed by atoms with van der Waals surface area (Å²) in [6.07, 6.45) is 0.250. The molecule has 0 aromatic heterocycles. The van der Waals surface area contributed by atoms with Crippen molar-refractivity contribution in [1.82, 2.24) is 0 Å². The molecule has 0 amide bonds. The third kappa shape index (κ3) is 4.84. The smallest absolute Gasteiger partial charge is 0.456 e. The molecule has 0 aliphatic rings. The molecule has 1 aromatic carbocycles. The number of alkyl halides is 3. The van der Waals surface area contributed by atoms with Crippen LogP contribution in [0.5, 0.6) is 5.75 Å². The summed E-state index contributed by atoms with van der Waals surface area (Å²) in [5.41, 5.74) is -0.966. The van der Waals surface area contributed by atoms with Crippen molar-refractivity contribution in [2.75, 3.05) is 0 Å². The fourth-order valence-corrected chi connectivity index (χ4v) is 1.33. The predicted molar refractivity (Wildman–Crippen MR) is 66.2 cm³/mol. The first-order chi connectivity index (χ1) is 9.02. The van der Waals surface area contributed by atoms with Gasteiger partial charge in [-0.3, -0.25) is 0 Å². The maximum absolute atomic E-state index is 12.3. The Bertz CT molecular complexity index is 548. The van der Waals surface area contributed by atoms with Crippen LogP contribution in [-0.2, 0) is 4.74 Å². The van der Waals surface area contributed by atoms with Crippen molar-refractivity contribution in [1.29, 1.82) is 0 Å². The Morgan fingerprint density at radius 2 is 1.85 bits per heavy atom. The van der Waals surface area contributed by atoms with Gasteiger partial charge in [0.2, 0.25) is 0 Å². The Labute approximate surface area is 114 Å². The Hall–Kier alpha value is -2.16. The largest absolute Gasteiger partial charge is 0.573 e. The van der Waals surface area contributed by atoms with Gasteiger partial charge in [0.1, 0.15) is 16.9 Å². The van der Waals surface area contributed by atoms with E-state index in [2.05, 4.69) is 10.7 Å². The molecule has 0 radical (unpaired) electrons. The first-order valence-corrected chi connectivity index (χ1v) is 5.61. The van der Waals surface area contributed by atoms with Gasteiger partial charge in [0.25, 0.3) is 0 Å². The molecule has 0 saturated carbocycles. The molecule has 1 aromatic rings. The van der Waals surface area contributed by atoms with Crippen LogP contribution in [0.4, 0.5) is 13.2 Å². The number of benzene rings is 1. The maximum Gasteiger partial charge on any atom is 0.573 e. The molecule has 0 heterocycles. The topological polar surface area (TPSA) is 35.5 Å². The van der Waals surface area contributed by atoms with Crippen molar-refractivity contribution in [3.63, 3.8) is 0 Å². The van der Waals surface area contributed by atoms with E-state index in [4.69, 9.17) is 11.2 Å². The summed E-state index contributed by atoms with van der Waals surface area (Å²) >= 11 is 0. The van der Waals surface area contributed by atoms with Crippen LogP contribution < -0.4 is 4.74 Å². The zero-order valence-electron chi connectivity index (χ0n) is 11.2. The summed E-state index contributed by atoms with van der Waals surface area (Å²) in [4.78, 5) is 11.9. The fourth-order valence-electron chi connectivity index (χ4n) is 1.33. The van der Waals surface area contributed by atoms with E-state index in [0.717, 1.165) is 12.1 Å². The number of halogens is 3. The van der Waals surface area contributed by atoms with E-state index in [1.165, 1.54) is 6.07 Å². The second-order valence-electron chi connectivity index (χ2n) is 4.90. The second-order valence-corrected chi connectivity index (χ2v) is 4.90. The lowest BCUT2D eigenvalue weighted by molar-refractivity contribution is -0.274. The highest BCUT2D eigenvalue weighted by atomic mass is 19.4. The normalized spacial score (nSPS) is 11.7. The molecular weight excluding hydrogens is 273 g/mol. The minimum absolute atomic E-state index is 0.250. The molecule has 0 N–H and O–H groups in total. The molecule has 0 atom stereocenters. The van der Waals surface area contributed by atoms with Gasteiger partial charge in [-0.05, 0) is 39.0 Å². The standard InChI is InChI=1S/C14H13F3O3/c1-5-9-6-7-11(19-14(15,16)17)10(8-9)12(18)20-13(2,3)4/h1,6-8H,2-4H3. The Kier molecular flexibility index (Phi) is 4.33. The Morgan fingerprint density at radius 1 is 1.25 bits per heavy atom. The molecule has 0 fully saturated rings. The van der Waals surface area contributed by atoms with Crippen molar-refractivity contribution < 1.29 is 27.4 Å². The second kappa shape index (κ2) is 5.45. The molecule has 6 heteroatoms. The van der Waals surface area contributed by atoms with Crippen LogP contribution in [0.15, 0.2) is 18.2 Å². The van der Waals surface area contributed by atoms with Gasteiger partial charge >= 0.3 is 12.3 Å². The van der Waals surface area contributed by atoms with Crippen LogP contribution in [0.25, 0.3) is 0 Å². The lowest BCUT2D eigenvalue weighted by Gasteiger charge is -2.21. The highest BCUT2D eigenvalue weighted by Gasteiger charge is 2.33. The van der Waals surface area contributed by atoms with Crippen molar-refractivity contribution in [2.24, 2.45) is 0 Å². The molecule has 0 saturated heterocycles. The van der Waals surface area contributed by atoms with Crippen molar-refractivity contribution in [2.45, 2.75) is 32.7 Å². The average molecular weight is 286 g/mol. The predicted octanol–water partition coefficient (Wildman–Crippen LogP) is 3.52. The number of terminal acetylenes is 1. The summed E-state index contributed by atoms with van der Waals surface area (Å²) in [7, 11) is 0. The highest BCUT2D eigenvalue weighted by molar-refractivity contribution is 5.93. The van der Waals surface area contributed by atoms with Gasteiger partial charge in [0.05, 0.1) is 0 Å². The third-order valence-electron chi connectivity index (χ3n) is 1.99. The summed E-state index contributed by atoms with van der Waals surface area (Å²) in [5, 5.41) is 0. The molecule has 0 aliphatic heterocycles. The number of carbonyl (C=O) groups is 1. The SMILES string of the molecule is C#Cc1ccc(OC(F)(F)F)c(C(=O)OC(C)(C)C)c1. The molecule has 0 bridgehead atoms. The van der Waals surface area contributed by atoms with E-state index < -0.39 is 23.7 Å². The van der Waals surface area contributed by atoms with Crippen LogP contribution >= 0.6 is 0 Å². The van der Waals surface area contributed by atoms with Crippen LogP contribution in [0.1, 0.15) is 36.7 Å². The number of carbonyl (C=O) groups excluding carboxylic acids is 1. The third-order valence-corrected chi connectivity index (χ3v) is 1.99. The molecule has 0 unspecified atom stereocenters. The Morgan fingerprint density at radius 3 is 2.30 bits per heavy atom. The fraction of sp³-hybridized carbons (Fsp3) is 0.357. The average Bonchev–Trinajstić information content (AvgIpc) is 2.25. The van der Waals surface area contributed by atoms with E-state index in [9.17, 15) is 18.0 Å². The lowest BCUT2D eigenvalue weighted by atomic mass is 10.1. The molecule has 108 valence electrons. The first kappa shape index (κ1) is 15.9. The number of ether oxygens (including phenoxy) is 2. The zero-order valence-corrected chi connectivity index (χ0v) is 11.2. The van der Waals surface area contributed by atoms with E-state index in [1.807, 2.05) is 0 Å². The quantitative estimate of drug-likeness (QED) is 0.616. The minimum atomic E-state index is -4.91. The van der Waals surface area contributed by atoms with Gasteiger partial charge in [-0.1, -0.05) is 5.92 Å². The maximum atomic E-state index is 12.3. The lowest BCUT2D eigenvalue weighted by Crippen LogP contribution is -2.25. The van der Waals surface area contributed by atoms with Crippen LogP contribution in [-0.4, -0.2) is 17.9 Å². The number of hydrogen-bond donors (Lipinski definition) is 0. The van der Waals surface area contributed by atoms with Crippen molar-refractivity contribution >= 4 is 5.97 Å². The molecule has 3 nitrogen and oxygen atoms in total. The van der Waals surface area contributed by atoms with Crippen LogP contribution in [0, 0.1) is 12.3 Å². The summed E-state index contributed by atoms with van der Waals surface area (Å²) in [6.45, 7) is 4.79. The van der Waals surface area contributed by atoms with E-state index >= 15 is 0 Å². The van der Waals surface area contributed by atoms with Crippen LogP contribution in [0.2, 0.25) is 0 Å². The number of esters is 1. The van der Waals surface area contributed by atoms with Gasteiger partial charge in [0, 0.05) is 5.56 Å². The Balaban J connectivity index is 3.20. The van der Waals surface area contributed by atoms with E-state index in [1.54, 1.807) is 20.8 Å². The first-order valence-electron chi connectivity index (χ1n) is 5.61. The van der Waals surface area contributed by atoms with Crippen molar-refractivity contribution in [3.05, 3.63) is 29.3 Å². The molecule has 1 rings (SSSR count). The monoisotopic (exact) mass is 286 g/mol. The molecule has 0 spiro atoms. The molecule has 0 aliphatic carbocycles. The van der Waals surface area contributed by atoms with Gasteiger partial charge in [0.15, 0.2) is 0 Å². The number of rotatable bonds is 2.